The van der Waals surface area contributed by atoms with Crippen molar-refractivity contribution in [2.24, 2.45) is 0 Å². The van der Waals surface area contributed by atoms with Crippen LogP contribution >= 0.6 is 0 Å². The number of rotatable bonds is 2. The van der Waals surface area contributed by atoms with Crippen LogP contribution in [-0.2, 0) is 0 Å². The Morgan fingerprint density at radius 2 is 1.28 bits per heavy atom. The first-order valence-corrected chi connectivity index (χ1v) is 11.0. The van der Waals surface area contributed by atoms with Gasteiger partial charge in [-0.25, -0.2) is 0 Å². The molecule has 0 bridgehead atoms. The molecule has 1 aliphatic carbocycles. The molecule has 4 nitrogen and oxygen atoms in total. The second-order valence-corrected chi connectivity index (χ2v) is 8.29. The highest BCUT2D eigenvalue weighted by atomic mass is 15.0. The molecular formula is C28H20N4. The van der Waals surface area contributed by atoms with E-state index in [-0.39, 0.29) is 0 Å². The smallest absolute Gasteiger partial charge is 0.0724 e. The van der Waals surface area contributed by atoms with E-state index >= 15 is 0 Å². The zero-order chi connectivity index (χ0) is 21.1. The molecule has 6 aromatic rings. The molecule has 4 aromatic heterocycles. The van der Waals surface area contributed by atoms with E-state index < -0.39 is 0 Å². The van der Waals surface area contributed by atoms with Crippen molar-refractivity contribution in [2.45, 2.75) is 12.8 Å². The maximum atomic E-state index is 4.45. The molecule has 0 radical (unpaired) electrons. The maximum absolute atomic E-state index is 4.45. The lowest BCUT2D eigenvalue weighted by Crippen LogP contribution is -1.97. The van der Waals surface area contributed by atoms with E-state index in [9.17, 15) is 0 Å². The zero-order valence-corrected chi connectivity index (χ0v) is 17.4. The molecule has 0 saturated carbocycles. The Bertz CT molecular complexity index is 1710. The molecule has 0 unspecified atom stereocenters. The minimum absolute atomic E-state index is 1.06. The second-order valence-electron chi connectivity index (χ2n) is 8.29. The van der Waals surface area contributed by atoms with E-state index in [4.69, 9.17) is 0 Å². The van der Waals surface area contributed by atoms with E-state index in [1.807, 2.05) is 24.8 Å². The van der Waals surface area contributed by atoms with Crippen LogP contribution < -0.4 is 0 Å². The molecule has 2 aromatic carbocycles. The summed E-state index contributed by atoms with van der Waals surface area (Å²) in [7, 11) is 0. The SMILES string of the molecule is C1=CC(n2c3cnccc3c3cc4c(cc32)c2ccncc2n4-c2ccccc2)=CCC1. The number of aromatic nitrogens is 4. The molecule has 0 amide bonds. The van der Waals surface area contributed by atoms with E-state index in [0.717, 1.165) is 29.6 Å². The van der Waals surface area contributed by atoms with Gasteiger partial charge in [-0.1, -0.05) is 30.4 Å². The highest BCUT2D eigenvalue weighted by Crippen LogP contribution is 2.39. The van der Waals surface area contributed by atoms with Crippen molar-refractivity contribution >= 4 is 49.3 Å². The predicted molar refractivity (Wildman–Crippen MR) is 132 cm³/mol. The molecule has 152 valence electrons. The Morgan fingerprint density at radius 3 is 1.94 bits per heavy atom. The Balaban J connectivity index is 1.68. The minimum atomic E-state index is 1.06. The van der Waals surface area contributed by atoms with Gasteiger partial charge in [0, 0.05) is 45.3 Å². The number of hydrogen-bond donors (Lipinski definition) is 0. The third-order valence-corrected chi connectivity index (χ3v) is 6.51. The first kappa shape index (κ1) is 17.5. The largest absolute Gasteiger partial charge is 0.308 e. The summed E-state index contributed by atoms with van der Waals surface area (Å²) >= 11 is 0. The van der Waals surface area contributed by atoms with Gasteiger partial charge in [-0.05, 0) is 55.3 Å². The summed E-state index contributed by atoms with van der Waals surface area (Å²) < 4.78 is 4.68. The van der Waals surface area contributed by atoms with Crippen molar-refractivity contribution in [2.75, 3.05) is 0 Å². The van der Waals surface area contributed by atoms with Crippen molar-refractivity contribution in [1.82, 2.24) is 19.1 Å². The summed E-state index contributed by atoms with van der Waals surface area (Å²) in [6.07, 6.45) is 16.7. The fourth-order valence-electron chi connectivity index (χ4n) is 5.12. The Kier molecular flexibility index (Phi) is 3.64. The average Bonchev–Trinajstić information content (AvgIpc) is 3.36. The van der Waals surface area contributed by atoms with Crippen molar-refractivity contribution in [3.63, 3.8) is 0 Å². The zero-order valence-electron chi connectivity index (χ0n) is 17.4. The molecule has 4 heterocycles. The molecule has 1 aliphatic rings. The number of allylic oxidation sites excluding steroid dienone is 4. The van der Waals surface area contributed by atoms with Gasteiger partial charge in [0.15, 0.2) is 0 Å². The van der Waals surface area contributed by atoms with Gasteiger partial charge in [0.1, 0.15) is 0 Å². The lowest BCUT2D eigenvalue weighted by molar-refractivity contribution is 1.02. The van der Waals surface area contributed by atoms with Gasteiger partial charge in [0.2, 0.25) is 0 Å². The van der Waals surface area contributed by atoms with Crippen LogP contribution in [-0.4, -0.2) is 19.1 Å². The van der Waals surface area contributed by atoms with Crippen LogP contribution in [0.4, 0.5) is 0 Å². The van der Waals surface area contributed by atoms with Crippen LogP contribution in [0.1, 0.15) is 12.8 Å². The molecule has 0 spiro atoms. The number of nitrogens with zero attached hydrogens (tertiary/aromatic N) is 4. The Hall–Kier alpha value is -4.18. The number of fused-ring (bicyclic) bond motifs is 6. The summed E-state index contributed by atoms with van der Waals surface area (Å²) in [5.74, 6) is 0. The van der Waals surface area contributed by atoms with E-state index in [2.05, 4.69) is 91.9 Å². The maximum Gasteiger partial charge on any atom is 0.0724 e. The normalized spacial score (nSPS) is 14.1. The van der Waals surface area contributed by atoms with Crippen LogP contribution in [0.3, 0.4) is 0 Å². The number of pyridine rings is 2. The molecule has 0 saturated heterocycles. The number of hydrogen-bond acceptors (Lipinski definition) is 2. The van der Waals surface area contributed by atoms with Crippen LogP contribution in [0.15, 0.2) is 97.6 Å². The van der Waals surface area contributed by atoms with Crippen LogP contribution in [0.5, 0.6) is 0 Å². The highest BCUT2D eigenvalue weighted by molar-refractivity contribution is 6.19. The van der Waals surface area contributed by atoms with Crippen LogP contribution in [0.2, 0.25) is 0 Å². The third-order valence-electron chi connectivity index (χ3n) is 6.51. The fraction of sp³-hybridized carbons (Fsp3) is 0.0714. The quantitative estimate of drug-likeness (QED) is 0.311. The summed E-state index contributed by atoms with van der Waals surface area (Å²) in [4.78, 5) is 8.89. The van der Waals surface area contributed by atoms with Gasteiger partial charge in [0.05, 0.1) is 34.5 Å². The fourth-order valence-corrected chi connectivity index (χ4v) is 5.12. The molecule has 0 fully saturated rings. The first-order chi connectivity index (χ1) is 15.9. The van der Waals surface area contributed by atoms with Crippen molar-refractivity contribution in [1.29, 1.82) is 0 Å². The topological polar surface area (TPSA) is 35.6 Å². The van der Waals surface area contributed by atoms with Gasteiger partial charge >= 0.3 is 0 Å². The summed E-state index contributed by atoms with van der Waals surface area (Å²) in [6, 6.07) is 19.5. The number of benzene rings is 2. The lowest BCUT2D eigenvalue weighted by Gasteiger charge is -2.12. The molecule has 4 heteroatoms. The Morgan fingerprint density at radius 1 is 0.625 bits per heavy atom. The standard InChI is InChI=1S/C28H20N4/c1-3-7-19(8-4-1)31-25-15-24-22-12-14-30-18-28(22)32(20-9-5-2-6-10-20)26(24)16-23(25)21-11-13-29-17-27(21)31/h1,3-5,7-18H,2,6H2. The molecule has 32 heavy (non-hydrogen) atoms. The summed E-state index contributed by atoms with van der Waals surface area (Å²) in [5.41, 5.74) is 7.03. The molecule has 7 rings (SSSR count). The Labute approximate surface area is 184 Å². The van der Waals surface area contributed by atoms with Crippen LogP contribution in [0.25, 0.3) is 55.0 Å². The van der Waals surface area contributed by atoms with Crippen LogP contribution in [0, 0.1) is 0 Å². The highest BCUT2D eigenvalue weighted by Gasteiger charge is 2.18. The summed E-state index contributed by atoms with van der Waals surface area (Å²) in [6.45, 7) is 0. The summed E-state index contributed by atoms with van der Waals surface area (Å²) in [5, 5.41) is 4.91. The molecule has 0 aliphatic heterocycles. The predicted octanol–water partition coefficient (Wildman–Crippen LogP) is 6.87. The van der Waals surface area contributed by atoms with E-state index in [0.29, 0.717) is 0 Å². The monoisotopic (exact) mass is 412 g/mol. The van der Waals surface area contributed by atoms with Crippen molar-refractivity contribution in [3.8, 4) is 5.69 Å². The van der Waals surface area contributed by atoms with Crippen molar-refractivity contribution in [3.05, 3.63) is 97.6 Å². The second kappa shape index (κ2) is 6.66. The van der Waals surface area contributed by atoms with Gasteiger partial charge in [-0.15, -0.1) is 0 Å². The number of para-hydroxylation sites is 1. The van der Waals surface area contributed by atoms with Gasteiger partial charge < -0.3 is 9.13 Å². The van der Waals surface area contributed by atoms with Gasteiger partial charge in [-0.2, -0.15) is 0 Å². The van der Waals surface area contributed by atoms with Gasteiger partial charge in [-0.3, -0.25) is 9.97 Å². The third kappa shape index (κ3) is 2.38. The van der Waals surface area contributed by atoms with Crippen molar-refractivity contribution < 1.29 is 0 Å². The first-order valence-electron chi connectivity index (χ1n) is 11.0. The average molecular weight is 412 g/mol. The molecule has 0 atom stereocenters. The van der Waals surface area contributed by atoms with Gasteiger partial charge in [0.25, 0.3) is 0 Å². The van der Waals surface area contributed by atoms with E-state index in [1.54, 1.807) is 0 Å². The minimum Gasteiger partial charge on any atom is -0.308 e. The molecular weight excluding hydrogens is 392 g/mol. The van der Waals surface area contributed by atoms with E-state index in [1.165, 1.54) is 38.3 Å². The lowest BCUT2D eigenvalue weighted by atomic mass is 10.1. The molecule has 0 N–H and O–H groups in total.